The molecule has 2 N–H and O–H groups in total. The quantitative estimate of drug-likeness (QED) is 0.801. The van der Waals surface area contributed by atoms with E-state index in [2.05, 4.69) is 10.6 Å². The van der Waals surface area contributed by atoms with Crippen molar-refractivity contribution in [1.82, 2.24) is 0 Å². The van der Waals surface area contributed by atoms with E-state index in [1.807, 2.05) is 49.4 Å². The lowest BCUT2D eigenvalue weighted by molar-refractivity contribution is -0.117. The second-order valence-electron chi connectivity index (χ2n) is 6.00. The Labute approximate surface area is 153 Å². The van der Waals surface area contributed by atoms with Crippen LogP contribution in [-0.4, -0.2) is 31.5 Å². The van der Waals surface area contributed by atoms with Crippen LogP contribution in [0.4, 0.5) is 17.1 Å². The summed E-state index contributed by atoms with van der Waals surface area (Å²) >= 11 is 0. The molecule has 3 rings (SSSR count). The number of amides is 2. The highest BCUT2D eigenvalue weighted by Gasteiger charge is 2.23. The molecule has 6 heteroatoms. The molecule has 2 aromatic rings. The Morgan fingerprint density at radius 3 is 2.58 bits per heavy atom. The number of hydrogen-bond acceptors (Lipinski definition) is 4. The van der Waals surface area contributed by atoms with E-state index in [4.69, 9.17) is 4.74 Å². The van der Waals surface area contributed by atoms with Gasteiger partial charge >= 0.3 is 0 Å². The van der Waals surface area contributed by atoms with Crippen molar-refractivity contribution in [3.8, 4) is 5.75 Å². The van der Waals surface area contributed by atoms with Gasteiger partial charge in [0.25, 0.3) is 0 Å². The molecule has 2 amide bonds. The van der Waals surface area contributed by atoms with Crippen molar-refractivity contribution in [2.24, 2.45) is 0 Å². The third kappa shape index (κ3) is 4.14. The van der Waals surface area contributed by atoms with Gasteiger partial charge in [-0.25, -0.2) is 0 Å². The highest BCUT2D eigenvalue weighted by atomic mass is 16.5. The Bertz CT molecular complexity index is 791. The SMILES string of the molecule is CCOc1ccccc1NC(=O)CNc1ccccc1N1CCCC1=O. The summed E-state index contributed by atoms with van der Waals surface area (Å²) in [5, 5.41) is 5.99. The van der Waals surface area contributed by atoms with E-state index in [-0.39, 0.29) is 18.4 Å². The summed E-state index contributed by atoms with van der Waals surface area (Å²) in [6, 6.07) is 14.9. The minimum Gasteiger partial charge on any atom is -0.492 e. The van der Waals surface area contributed by atoms with Gasteiger partial charge < -0.3 is 20.3 Å². The van der Waals surface area contributed by atoms with E-state index < -0.39 is 0 Å². The zero-order chi connectivity index (χ0) is 18.4. The van der Waals surface area contributed by atoms with Crippen molar-refractivity contribution in [1.29, 1.82) is 0 Å². The fourth-order valence-corrected chi connectivity index (χ4v) is 2.98. The molecule has 0 unspecified atom stereocenters. The lowest BCUT2D eigenvalue weighted by atomic mass is 10.2. The molecule has 0 saturated carbocycles. The van der Waals surface area contributed by atoms with Crippen LogP contribution in [0.5, 0.6) is 5.75 Å². The Balaban J connectivity index is 1.65. The number of carbonyl (C=O) groups excluding carboxylic acids is 2. The maximum atomic E-state index is 12.3. The molecule has 1 heterocycles. The molecule has 136 valence electrons. The Morgan fingerprint density at radius 1 is 1.12 bits per heavy atom. The van der Waals surface area contributed by atoms with Gasteiger partial charge in [0.05, 0.1) is 30.2 Å². The zero-order valence-electron chi connectivity index (χ0n) is 14.8. The van der Waals surface area contributed by atoms with Crippen LogP contribution in [0.25, 0.3) is 0 Å². The fourth-order valence-electron chi connectivity index (χ4n) is 2.98. The first-order chi connectivity index (χ1) is 12.7. The maximum Gasteiger partial charge on any atom is 0.243 e. The van der Waals surface area contributed by atoms with Gasteiger partial charge in [-0.1, -0.05) is 24.3 Å². The van der Waals surface area contributed by atoms with Crippen LogP contribution in [0, 0.1) is 0 Å². The number of carbonyl (C=O) groups is 2. The lowest BCUT2D eigenvalue weighted by Crippen LogP contribution is -2.26. The highest BCUT2D eigenvalue weighted by molar-refractivity contribution is 5.99. The van der Waals surface area contributed by atoms with Gasteiger partial charge in [0.15, 0.2) is 0 Å². The second-order valence-corrected chi connectivity index (χ2v) is 6.00. The van der Waals surface area contributed by atoms with Crippen LogP contribution in [0.3, 0.4) is 0 Å². The molecular weight excluding hydrogens is 330 g/mol. The monoisotopic (exact) mass is 353 g/mol. The molecule has 1 fully saturated rings. The Kier molecular flexibility index (Phi) is 5.73. The largest absolute Gasteiger partial charge is 0.492 e. The number of hydrogen-bond donors (Lipinski definition) is 2. The number of rotatable bonds is 7. The molecule has 0 aliphatic carbocycles. The molecule has 1 saturated heterocycles. The van der Waals surface area contributed by atoms with Crippen LogP contribution in [0.15, 0.2) is 48.5 Å². The minimum absolute atomic E-state index is 0.0967. The average Bonchev–Trinajstić information content (AvgIpc) is 3.08. The summed E-state index contributed by atoms with van der Waals surface area (Å²) in [5.74, 6) is 0.584. The predicted octanol–water partition coefficient (Wildman–Crippen LogP) is 3.26. The highest BCUT2D eigenvalue weighted by Crippen LogP contribution is 2.29. The van der Waals surface area contributed by atoms with Crippen LogP contribution >= 0.6 is 0 Å². The van der Waals surface area contributed by atoms with Crippen LogP contribution in [0.2, 0.25) is 0 Å². The van der Waals surface area contributed by atoms with E-state index in [0.29, 0.717) is 31.0 Å². The summed E-state index contributed by atoms with van der Waals surface area (Å²) < 4.78 is 5.52. The van der Waals surface area contributed by atoms with E-state index in [9.17, 15) is 9.59 Å². The topological polar surface area (TPSA) is 70.7 Å². The smallest absolute Gasteiger partial charge is 0.243 e. The molecule has 0 atom stereocenters. The standard InChI is InChI=1S/C20H23N3O3/c1-2-26-18-11-6-4-9-16(18)22-19(24)14-21-15-8-3-5-10-17(15)23-13-7-12-20(23)25/h3-6,8-11,21H,2,7,12-14H2,1H3,(H,22,24). The van der Waals surface area contributed by atoms with Crippen LogP contribution in [-0.2, 0) is 9.59 Å². The minimum atomic E-state index is -0.181. The number of nitrogens with one attached hydrogen (secondary N) is 2. The first kappa shape index (κ1) is 17.8. The Hall–Kier alpha value is -3.02. The van der Waals surface area contributed by atoms with Gasteiger partial charge in [-0.2, -0.15) is 0 Å². The van der Waals surface area contributed by atoms with E-state index in [0.717, 1.165) is 17.8 Å². The van der Waals surface area contributed by atoms with Crippen molar-refractivity contribution < 1.29 is 14.3 Å². The van der Waals surface area contributed by atoms with Crippen LogP contribution < -0.4 is 20.3 Å². The molecule has 1 aliphatic rings. The van der Waals surface area contributed by atoms with E-state index in [1.165, 1.54) is 0 Å². The Morgan fingerprint density at radius 2 is 1.85 bits per heavy atom. The van der Waals surface area contributed by atoms with Crippen molar-refractivity contribution in [3.05, 3.63) is 48.5 Å². The molecule has 0 bridgehead atoms. The fraction of sp³-hybridized carbons (Fsp3) is 0.300. The third-order valence-electron chi connectivity index (χ3n) is 4.17. The molecular formula is C20H23N3O3. The first-order valence-electron chi connectivity index (χ1n) is 8.84. The first-order valence-corrected chi connectivity index (χ1v) is 8.84. The van der Waals surface area contributed by atoms with Crippen molar-refractivity contribution in [2.75, 3.05) is 35.2 Å². The van der Waals surface area contributed by atoms with Crippen molar-refractivity contribution in [2.45, 2.75) is 19.8 Å². The molecule has 1 aliphatic heterocycles. The van der Waals surface area contributed by atoms with Gasteiger partial charge in [-0.3, -0.25) is 9.59 Å². The number of benzene rings is 2. The summed E-state index contributed by atoms with van der Waals surface area (Å²) in [6.07, 6.45) is 1.44. The second kappa shape index (κ2) is 8.38. The zero-order valence-corrected chi connectivity index (χ0v) is 14.8. The van der Waals surface area contributed by atoms with Crippen LogP contribution in [0.1, 0.15) is 19.8 Å². The summed E-state index contributed by atoms with van der Waals surface area (Å²) in [7, 11) is 0. The van der Waals surface area contributed by atoms with Crippen molar-refractivity contribution in [3.63, 3.8) is 0 Å². The third-order valence-corrected chi connectivity index (χ3v) is 4.17. The van der Waals surface area contributed by atoms with Gasteiger partial charge in [-0.15, -0.1) is 0 Å². The molecule has 26 heavy (non-hydrogen) atoms. The number of anilines is 3. The molecule has 6 nitrogen and oxygen atoms in total. The molecule has 0 radical (unpaired) electrons. The lowest BCUT2D eigenvalue weighted by Gasteiger charge is -2.20. The van der Waals surface area contributed by atoms with Gasteiger partial charge in [-0.05, 0) is 37.6 Å². The van der Waals surface area contributed by atoms with Gasteiger partial charge in [0, 0.05) is 13.0 Å². The summed E-state index contributed by atoms with van der Waals surface area (Å²) in [6.45, 7) is 3.24. The normalized spacial score (nSPS) is 13.6. The summed E-state index contributed by atoms with van der Waals surface area (Å²) in [4.78, 5) is 26.1. The van der Waals surface area contributed by atoms with Gasteiger partial charge in [0.1, 0.15) is 5.75 Å². The molecule has 0 spiro atoms. The number of ether oxygens (including phenoxy) is 1. The number of para-hydroxylation sites is 4. The maximum absolute atomic E-state index is 12.3. The predicted molar refractivity (Wildman–Crippen MR) is 103 cm³/mol. The van der Waals surface area contributed by atoms with Crippen molar-refractivity contribution >= 4 is 28.9 Å². The average molecular weight is 353 g/mol. The van der Waals surface area contributed by atoms with E-state index >= 15 is 0 Å². The molecule has 2 aromatic carbocycles. The summed E-state index contributed by atoms with van der Waals surface area (Å²) in [5.41, 5.74) is 2.23. The van der Waals surface area contributed by atoms with Gasteiger partial charge in [0.2, 0.25) is 11.8 Å². The number of nitrogens with zero attached hydrogens (tertiary/aromatic N) is 1. The van der Waals surface area contributed by atoms with E-state index in [1.54, 1.807) is 11.0 Å². The molecule has 0 aromatic heterocycles.